The highest BCUT2D eigenvalue weighted by atomic mass is 16.5. The molecule has 2 N–H and O–H groups in total. The lowest BCUT2D eigenvalue weighted by Crippen LogP contribution is -2.40. The molecular formula is C20H26N2O2. The molecule has 0 aliphatic carbocycles. The number of likely N-dealkylation sites (tertiary alicyclic amines) is 1. The molecule has 1 aliphatic rings. The van der Waals surface area contributed by atoms with Crippen LogP contribution in [0.2, 0.25) is 0 Å². The quantitative estimate of drug-likeness (QED) is 0.855. The van der Waals surface area contributed by atoms with Crippen LogP contribution >= 0.6 is 0 Å². The van der Waals surface area contributed by atoms with Crippen molar-refractivity contribution in [1.29, 1.82) is 0 Å². The normalized spacial score (nSPS) is 17.4. The smallest absolute Gasteiger partial charge is 0.120 e. The number of benzene rings is 2. The number of hydrogen-bond acceptors (Lipinski definition) is 4. The highest BCUT2D eigenvalue weighted by Gasteiger charge is 2.21. The van der Waals surface area contributed by atoms with Gasteiger partial charge in [-0.1, -0.05) is 36.4 Å². The number of nitrogens with zero attached hydrogens (tertiary/aromatic N) is 1. The van der Waals surface area contributed by atoms with Crippen LogP contribution in [0.5, 0.6) is 5.75 Å². The standard InChI is InChI=1S/C20H26N2O2/c1-24-19-9-5-8-18(14-19)21-17-10-12-22(13-11-17)15-20(23)16-6-3-2-4-7-16/h2-9,14,17,20-21,23H,10-13,15H2,1H3/t20-/m1/s1. The third-order valence-electron chi connectivity index (χ3n) is 4.64. The van der Waals surface area contributed by atoms with E-state index in [9.17, 15) is 5.11 Å². The minimum atomic E-state index is -0.408. The second-order valence-electron chi connectivity index (χ2n) is 6.38. The molecule has 0 bridgehead atoms. The van der Waals surface area contributed by atoms with E-state index >= 15 is 0 Å². The minimum absolute atomic E-state index is 0.408. The summed E-state index contributed by atoms with van der Waals surface area (Å²) >= 11 is 0. The van der Waals surface area contributed by atoms with Crippen molar-refractivity contribution >= 4 is 5.69 Å². The largest absolute Gasteiger partial charge is 0.497 e. The van der Waals surface area contributed by atoms with Crippen molar-refractivity contribution in [2.75, 3.05) is 32.1 Å². The predicted molar refractivity (Wildman–Crippen MR) is 97.5 cm³/mol. The Morgan fingerprint density at radius 2 is 1.88 bits per heavy atom. The van der Waals surface area contributed by atoms with Crippen molar-refractivity contribution in [3.05, 3.63) is 60.2 Å². The molecule has 4 nitrogen and oxygen atoms in total. The summed E-state index contributed by atoms with van der Waals surface area (Å²) in [5.41, 5.74) is 2.10. The van der Waals surface area contributed by atoms with Gasteiger partial charge in [0, 0.05) is 37.4 Å². The summed E-state index contributed by atoms with van der Waals surface area (Å²) in [5.74, 6) is 0.878. The van der Waals surface area contributed by atoms with Crippen LogP contribution in [-0.4, -0.2) is 42.8 Å². The molecule has 0 spiro atoms. The van der Waals surface area contributed by atoms with Crippen LogP contribution in [-0.2, 0) is 0 Å². The summed E-state index contributed by atoms with van der Waals surface area (Å²) in [5, 5.41) is 14.0. The van der Waals surface area contributed by atoms with E-state index in [1.807, 2.05) is 48.5 Å². The maximum Gasteiger partial charge on any atom is 0.120 e. The number of piperidine rings is 1. The van der Waals surface area contributed by atoms with E-state index in [4.69, 9.17) is 4.74 Å². The molecule has 1 saturated heterocycles. The Morgan fingerprint density at radius 1 is 1.12 bits per heavy atom. The first kappa shape index (κ1) is 16.8. The van der Waals surface area contributed by atoms with Crippen molar-refractivity contribution in [2.45, 2.75) is 25.0 Å². The van der Waals surface area contributed by atoms with Gasteiger partial charge in [0.2, 0.25) is 0 Å². The fraction of sp³-hybridized carbons (Fsp3) is 0.400. The van der Waals surface area contributed by atoms with E-state index in [1.165, 1.54) is 0 Å². The van der Waals surface area contributed by atoms with Crippen molar-refractivity contribution in [2.24, 2.45) is 0 Å². The van der Waals surface area contributed by atoms with Crippen LogP contribution in [0.4, 0.5) is 5.69 Å². The van der Waals surface area contributed by atoms with Gasteiger partial charge >= 0.3 is 0 Å². The summed E-state index contributed by atoms with van der Waals surface area (Å²) in [6.45, 7) is 2.72. The molecule has 0 unspecified atom stereocenters. The first-order chi connectivity index (χ1) is 11.7. The first-order valence-electron chi connectivity index (χ1n) is 8.60. The lowest BCUT2D eigenvalue weighted by atomic mass is 10.0. The van der Waals surface area contributed by atoms with Gasteiger partial charge in [0.25, 0.3) is 0 Å². The third-order valence-corrected chi connectivity index (χ3v) is 4.64. The molecular weight excluding hydrogens is 300 g/mol. The number of aliphatic hydroxyl groups is 1. The number of methoxy groups -OCH3 is 1. The Bertz CT molecular complexity index is 625. The van der Waals surface area contributed by atoms with E-state index in [0.717, 1.165) is 42.9 Å². The summed E-state index contributed by atoms with van der Waals surface area (Å²) in [6.07, 6.45) is 1.76. The molecule has 0 aromatic heterocycles. The molecule has 1 aliphatic heterocycles. The lowest BCUT2D eigenvalue weighted by Gasteiger charge is -2.34. The number of β-amino-alcohol motifs (C(OH)–C–C–N with tert-alkyl or cyclic N) is 1. The first-order valence-corrected chi connectivity index (χ1v) is 8.60. The van der Waals surface area contributed by atoms with E-state index < -0.39 is 6.10 Å². The molecule has 0 radical (unpaired) electrons. The fourth-order valence-electron chi connectivity index (χ4n) is 3.23. The molecule has 2 aromatic rings. The Kier molecular flexibility index (Phi) is 5.72. The zero-order valence-electron chi connectivity index (χ0n) is 14.2. The number of nitrogens with one attached hydrogen (secondary N) is 1. The Labute approximate surface area is 144 Å². The Balaban J connectivity index is 1.47. The van der Waals surface area contributed by atoms with E-state index in [1.54, 1.807) is 7.11 Å². The molecule has 1 fully saturated rings. The molecule has 0 amide bonds. The van der Waals surface area contributed by atoms with Gasteiger partial charge < -0.3 is 20.1 Å². The topological polar surface area (TPSA) is 44.7 Å². The van der Waals surface area contributed by atoms with Gasteiger partial charge in [0.15, 0.2) is 0 Å². The van der Waals surface area contributed by atoms with Crippen molar-refractivity contribution < 1.29 is 9.84 Å². The van der Waals surface area contributed by atoms with E-state index in [0.29, 0.717) is 12.6 Å². The number of rotatable bonds is 6. The number of aliphatic hydroxyl groups excluding tert-OH is 1. The molecule has 24 heavy (non-hydrogen) atoms. The molecule has 1 heterocycles. The van der Waals surface area contributed by atoms with Crippen LogP contribution in [0.25, 0.3) is 0 Å². The molecule has 1 atom stereocenters. The lowest BCUT2D eigenvalue weighted by molar-refractivity contribution is 0.0991. The van der Waals surface area contributed by atoms with Crippen LogP contribution in [0, 0.1) is 0 Å². The number of ether oxygens (including phenoxy) is 1. The summed E-state index contributed by atoms with van der Waals surface area (Å²) in [6, 6.07) is 18.5. The predicted octanol–water partition coefficient (Wildman–Crippen LogP) is 3.31. The molecule has 2 aromatic carbocycles. The summed E-state index contributed by atoms with van der Waals surface area (Å²) in [4.78, 5) is 2.35. The maximum atomic E-state index is 10.4. The maximum absolute atomic E-state index is 10.4. The molecule has 3 rings (SSSR count). The van der Waals surface area contributed by atoms with Gasteiger partial charge in [-0.2, -0.15) is 0 Å². The molecule has 0 saturated carbocycles. The van der Waals surface area contributed by atoms with Crippen LogP contribution in [0.15, 0.2) is 54.6 Å². The average molecular weight is 326 g/mol. The zero-order chi connectivity index (χ0) is 16.8. The fourth-order valence-corrected chi connectivity index (χ4v) is 3.23. The van der Waals surface area contributed by atoms with E-state index in [2.05, 4.69) is 16.3 Å². The van der Waals surface area contributed by atoms with E-state index in [-0.39, 0.29) is 0 Å². The molecule has 4 heteroatoms. The minimum Gasteiger partial charge on any atom is -0.497 e. The monoisotopic (exact) mass is 326 g/mol. The van der Waals surface area contributed by atoms with Crippen LogP contribution < -0.4 is 10.1 Å². The van der Waals surface area contributed by atoms with Gasteiger partial charge in [0.1, 0.15) is 5.75 Å². The summed E-state index contributed by atoms with van der Waals surface area (Å²) in [7, 11) is 1.69. The second kappa shape index (κ2) is 8.18. The van der Waals surface area contributed by atoms with Crippen LogP contribution in [0.3, 0.4) is 0 Å². The summed E-state index contributed by atoms with van der Waals surface area (Å²) < 4.78 is 5.27. The van der Waals surface area contributed by atoms with Crippen molar-refractivity contribution in [3.63, 3.8) is 0 Å². The number of anilines is 1. The van der Waals surface area contributed by atoms with Gasteiger partial charge in [-0.3, -0.25) is 0 Å². The van der Waals surface area contributed by atoms with Gasteiger partial charge in [0.05, 0.1) is 13.2 Å². The van der Waals surface area contributed by atoms with Gasteiger partial charge in [-0.15, -0.1) is 0 Å². The van der Waals surface area contributed by atoms with Gasteiger partial charge in [-0.25, -0.2) is 0 Å². The second-order valence-corrected chi connectivity index (χ2v) is 6.38. The van der Waals surface area contributed by atoms with Crippen molar-refractivity contribution in [1.82, 2.24) is 4.90 Å². The zero-order valence-corrected chi connectivity index (χ0v) is 14.2. The highest BCUT2D eigenvalue weighted by Crippen LogP contribution is 2.22. The average Bonchev–Trinajstić information content (AvgIpc) is 2.64. The Morgan fingerprint density at radius 3 is 2.58 bits per heavy atom. The number of hydrogen-bond donors (Lipinski definition) is 2. The van der Waals surface area contributed by atoms with Crippen molar-refractivity contribution in [3.8, 4) is 5.75 Å². The van der Waals surface area contributed by atoms with Crippen LogP contribution in [0.1, 0.15) is 24.5 Å². The SMILES string of the molecule is COc1cccc(NC2CCN(C[C@@H](O)c3ccccc3)CC2)c1. The highest BCUT2D eigenvalue weighted by molar-refractivity contribution is 5.48. The van der Waals surface area contributed by atoms with Gasteiger partial charge in [-0.05, 0) is 30.5 Å². The molecule has 128 valence electrons. The Hall–Kier alpha value is -2.04. The third kappa shape index (κ3) is 4.49.